The Morgan fingerprint density at radius 2 is 1.93 bits per heavy atom. The van der Waals surface area contributed by atoms with Gasteiger partial charge in [0.2, 0.25) is 0 Å². The smallest absolute Gasteiger partial charge is 0.291 e. The summed E-state index contributed by atoms with van der Waals surface area (Å²) in [5, 5.41) is 7.61. The molecule has 0 aromatic heterocycles. The van der Waals surface area contributed by atoms with Crippen LogP contribution in [0.4, 0.5) is 5.69 Å². The van der Waals surface area contributed by atoms with Crippen LogP contribution in [0, 0.1) is 6.92 Å². The van der Waals surface area contributed by atoms with Crippen LogP contribution in [-0.2, 0) is 16.0 Å². The molecule has 0 saturated carbocycles. The predicted octanol–water partition coefficient (Wildman–Crippen LogP) is 4.29. The monoisotopic (exact) mass is 410 g/mol. The number of nitrogens with one attached hydrogen (secondary N) is 2. The standard InChI is InChI=1S/C23H26N2O3S/c1-16-8-11-19(14-20(16)25-23(27)21-15-29-13-12-28-21)22(26)24-17(2)9-10-18-6-4-3-5-7-18/h3-8,11,14-15,17H,9-10,12-13H2,1-2H3,(H,24,26)(H,25,27)/t17-/m1/s1. The van der Waals surface area contributed by atoms with E-state index >= 15 is 0 Å². The van der Waals surface area contributed by atoms with E-state index < -0.39 is 0 Å². The summed E-state index contributed by atoms with van der Waals surface area (Å²) in [7, 11) is 0. The maximum absolute atomic E-state index is 12.7. The van der Waals surface area contributed by atoms with Crippen molar-refractivity contribution >= 4 is 29.3 Å². The van der Waals surface area contributed by atoms with Crippen LogP contribution in [0.5, 0.6) is 0 Å². The summed E-state index contributed by atoms with van der Waals surface area (Å²) in [6.45, 7) is 4.42. The Bertz CT molecular complexity index is 896. The van der Waals surface area contributed by atoms with Crippen molar-refractivity contribution in [3.05, 3.63) is 76.4 Å². The summed E-state index contributed by atoms with van der Waals surface area (Å²) in [6.07, 6.45) is 1.76. The lowest BCUT2D eigenvalue weighted by Gasteiger charge is -2.17. The predicted molar refractivity (Wildman–Crippen MR) is 118 cm³/mol. The van der Waals surface area contributed by atoms with Gasteiger partial charge in [0.05, 0.1) is 6.61 Å². The Morgan fingerprint density at radius 1 is 1.14 bits per heavy atom. The number of thioether (sulfide) groups is 1. The van der Waals surface area contributed by atoms with Crippen molar-refractivity contribution in [2.75, 3.05) is 17.7 Å². The maximum atomic E-state index is 12.7. The molecule has 5 nitrogen and oxygen atoms in total. The van der Waals surface area contributed by atoms with Crippen LogP contribution < -0.4 is 10.6 Å². The third-order valence-electron chi connectivity index (χ3n) is 4.71. The zero-order valence-corrected chi connectivity index (χ0v) is 17.6. The molecule has 6 heteroatoms. The van der Waals surface area contributed by atoms with Crippen LogP contribution in [0.15, 0.2) is 59.7 Å². The number of benzene rings is 2. The summed E-state index contributed by atoms with van der Waals surface area (Å²) in [5.74, 6) is 0.706. The highest BCUT2D eigenvalue weighted by atomic mass is 32.2. The lowest BCUT2D eigenvalue weighted by Crippen LogP contribution is -2.33. The molecule has 0 bridgehead atoms. The van der Waals surface area contributed by atoms with Crippen molar-refractivity contribution < 1.29 is 14.3 Å². The molecule has 29 heavy (non-hydrogen) atoms. The first-order valence-electron chi connectivity index (χ1n) is 9.74. The number of aryl methyl sites for hydroxylation is 2. The molecule has 1 heterocycles. The van der Waals surface area contributed by atoms with Gasteiger partial charge in [-0.15, -0.1) is 11.8 Å². The van der Waals surface area contributed by atoms with E-state index in [-0.39, 0.29) is 17.9 Å². The summed E-state index contributed by atoms with van der Waals surface area (Å²) < 4.78 is 5.39. The molecule has 0 unspecified atom stereocenters. The van der Waals surface area contributed by atoms with Crippen LogP contribution in [-0.4, -0.2) is 30.2 Å². The molecule has 2 N–H and O–H groups in total. The van der Waals surface area contributed by atoms with E-state index in [0.717, 1.165) is 24.2 Å². The highest BCUT2D eigenvalue weighted by Crippen LogP contribution is 2.21. The average molecular weight is 411 g/mol. The quantitative estimate of drug-likeness (QED) is 0.715. The normalized spacial score (nSPS) is 14.3. The highest BCUT2D eigenvalue weighted by molar-refractivity contribution is 8.02. The van der Waals surface area contributed by atoms with Crippen LogP contribution in [0.3, 0.4) is 0 Å². The fourth-order valence-corrected chi connectivity index (χ4v) is 3.60. The van der Waals surface area contributed by atoms with E-state index in [9.17, 15) is 9.59 Å². The van der Waals surface area contributed by atoms with Gasteiger partial charge in [0.25, 0.3) is 11.8 Å². The lowest BCUT2D eigenvalue weighted by atomic mass is 10.1. The molecule has 0 saturated heterocycles. The molecule has 0 radical (unpaired) electrons. The summed E-state index contributed by atoms with van der Waals surface area (Å²) >= 11 is 1.55. The second-order valence-corrected chi connectivity index (χ2v) is 8.06. The Balaban J connectivity index is 1.59. The molecule has 1 atom stereocenters. The number of carbonyl (C=O) groups excluding carboxylic acids is 2. The van der Waals surface area contributed by atoms with E-state index in [0.29, 0.717) is 23.6 Å². The molecule has 2 amide bonds. The minimum atomic E-state index is -0.297. The topological polar surface area (TPSA) is 67.4 Å². The van der Waals surface area contributed by atoms with Gasteiger partial charge in [0, 0.05) is 28.5 Å². The number of ether oxygens (including phenoxy) is 1. The van der Waals surface area contributed by atoms with Crippen molar-refractivity contribution in [2.24, 2.45) is 0 Å². The lowest BCUT2D eigenvalue weighted by molar-refractivity contribution is -0.116. The van der Waals surface area contributed by atoms with Crippen molar-refractivity contribution in [1.82, 2.24) is 5.32 Å². The molecule has 0 aliphatic carbocycles. The van der Waals surface area contributed by atoms with Crippen molar-refractivity contribution in [1.29, 1.82) is 0 Å². The summed E-state index contributed by atoms with van der Waals surface area (Å²) in [6, 6.07) is 15.6. The van der Waals surface area contributed by atoms with E-state index in [1.54, 1.807) is 29.3 Å². The van der Waals surface area contributed by atoms with Gasteiger partial charge in [-0.1, -0.05) is 36.4 Å². The molecule has 0 spiro atoms. The molecule has 0 fully saturated rings. The first kappa shape index (κ1) is 21.0. The summed E-state index contributed by atoms with van der Waals surface area (Å²) in [5.41, 5.74) is 3.27. The molecular weight excluding hydrogens is 384 g/mol. The number of hydrogen-bond donors (Lipinski definition) is 2. The minimum absolute atomic E-state index is 0.0415. The second-order valence-electron chi connectivity index (χ2n) is 7.08. The van der Waals surface area contributed by atoms with E-state index in [4.69, 9.17) is 4.74 Å². The second kappa shape index (κ2) is 10.2. The molecular formula is C23H26N2O3S. The Labute approximate surface area is 175 Å². The van der Waals surface area contributed by atoms with Gasteiger partial charge in [0.15, 0.2) is 5.76 Å². The first-order valence-corrected chi connectivity index (χ1v) is 10.8. The van der Waals surface area contributed by atoms with Crippen molar-refractivity contribution in [3.63, 3.8) is 0 Å². The van der Waals surface area contributed by atoms with Crippen molar-refractivity contribution in [3.8, 4) is 0 Å². The van der Waals surface area contributed by atoms with E-state index in [2.05, 4.69) is 22.8 Å². The molecule has 3 rings (SSSR count). The van der Waals surface area contributed by atoms with Crippen LogP contribution in [0.25, 0.3) is 0 Å². The van der Waals surface area contributed by atoms with E-state index in [1.807, 2.05) is 38.1 Å². The Hall–Kier alpha value is -2.73. The minimum Gasteiger partial charge on any atom is -0.487 e. The molecule has 1 aliphatic rings. The van der Waals surface area contributed by atoms with Gasteiger partial charge in [-0.25, -0.2) is 0 Å². The summed E-state index contributed by atoms with van der Waals surface area (Å²) in [4.78, 5) is 25.0. The zero-order valence-electron chi connectivity index (χ0n) is 16.7. The molecule has 2 aromatic carbocycles. The number of hydrogen-bond acceptors (Lipinski definition) is 4. The van der Waals surface area contributed by atoms with Crippen LogP contribution in [0.1, 0.15) is 34.8 Å². The Kier molecular flexibility index (Phi) is 7.36. The number of anilines is 1. The Morgan fingerprint density at radius 3 is 2.66 bits per heavy atom. The largest absolute Gasteiger partial charge is 0.487 e. The van der Waals surface area contributed by atoms with Gasteiger partial charge in [-0.05, 0) is 49.9 Å². The zero-order chi connectivity index (χ0) is 20.6. The van der Waals surface area contributed by atoms with Gasteiger partial charge >= 0.3 is 0 Å². The van der Waals surface area contributed by atoms with Crippen LogP contribution in [0.2, 0.25) is 0 Å². The molecule has 152 valence electrons. The average Bonchev–Trinajstić information content (AvgIpc) is 2.75. The third kappa shape index (κ3) is 6.12. The van der Waals surface area contributed by atoms with Gasteiger partial charge in [-0.3, -0.25) is 9.59 Å². The van der Waals surface area contributed by atoms with Gasteiger partial charge in [-0.2, -0.15) is 0 Å². The SMILES string of the molecule is Cc1ccc(C(=O)N[C@H](C)CCc2ccccc2)cc1NC(=O)C1=CSCCO1. The number of carbonyl (C=O) groups is 2. The third-order valence-corrected chi connectivity index (χ3v) is 5.49. The number of amides is 2. The fraction of sp³-hybridized carbons (Fsp3) is 0.304. The molecule has 1 aliphatic heterocycles. The van der Waals surface area contributed by atoms with Gasteiger partial charge < -0.3 is 15.4 Å². The number of rotatable bonds is 7. The maximum Gasteiger partial charge on any atom is 0.291 e. The van der Waals surface area contributed by atoms with Crippen molar-refractivity contribution in [2.45, 2.75) is 32.7 Å². The molecule has 2 aromatic rings. The fourth-order valence-electron chi connectivity index (χ4n) is 2.98. The van der Waals surface area contributed by atoms with Crippen LogP contribution >= 0.6 is 11.8 Å². The highest BCUT2D eigenvalue weighted by Gasteiger charge is 2.17. The van der Waals surface area contributed by atoms with E-state index in [1.165, 1.54) is 5.56 Å². The van der Waals surface area contributed by atoms with Gasteiger partial charge in [0.1, 0.15) is 0 Å². The first-order chi connectivity index (χ1) is 14.0.